The molecule has 1 atom stereocenters. The minimum atomic E-state index is -0.938. The molecule has 0 rings (SSSR count). The van der Waals surface area contributed by atoms with Crippen LogP contribution in [0, 0.1) is 11.8 Å². The summed E-state index contributed by atoms with van der Waals surface area (Å²) in [4.78, 5) is 10.5. The Kier molecular flexibility index (Phi) is 4.40. The van der Waals surface area contributed by atoms with E-state index in [1.807, 2.05) is 0 Å². The van der Waals surface area contributed by atoms with Crippen molar-refractivity contribution in [2.75, 3.05) is 27.7 Å². The van der Waals surface area contributed by atoms with Crippen molar-refractivity contribution < 1.29 is 14.4 Å². The van der Waals surface area contributed by atoms with Gasteiger partial charge in [0.15, 0.2) is 0 Å². The van der Waals surface area contributed by atoms with E-state index in [1.165, 1.54) is 0 Å². The van der Waals surface area contributed by atoms with Gasteiger partial charge in [-0.15, -0.1) is 0 Å². The lowest BCUT2D eigenvalue weighted by Crippen LogP contribution is -2.42. The second-order valence-electron chi connectivity index (χ2n) is 5.05. The van der Waals surface area contributed by atoms with Gasteiger partial charge in [-0.25, -0.2) is 0 Å². The molecule has 0 aromatic carbocycles. The number of carbonyl (C=O) groups is 1. The quantitative estimate of drug-likeness (QED) is 0.573. The second-order valence-corrected chi connectivity index (χ2v) is 5.05. The minimum absolute atomic E-state index is 0.174. The summed E-state index contributed by atoms with van der Waals surface area (Å²) in [7, 11) is 6.22. The Morgan fingerprint density at radius 1 is 1.31 bits per heavy atom. The molecule has 0 radical (unpaired) electrons. The summed E-state index contributed by atoms with van der Waals surface area (Å²) in [5, 5.41) is 10.5. The molecule has 3 nitrogen and oxygen atoms in total. The Balaban J connectivity index is 4.19. The number of rotatable bonds is 5. The van der Waals surface area contributed by atoms with E-state index >= 15 is 0 Å². The number of hydrogen-bond donors (Lipinski definition) is 0. The first-order chi connectivity index (χ1) is 5.72. The predicted molar refractivity (Wildman–Crippen MR) is 50.9 cm³/mol. The van der Waals surface area contributed by atoms with E-state index in [4.69, 9.17) is 0 Å². The molecule has 78 valence electrons. The highest BCUT2D eigenvalue weighted by Crippen LogP contribution is 2.17. The van der Waals surface area contributed by atoms with Crippen molar-refractivity contribution in [1.29, 1.82) is 0 Å². The molecule has 0 N–H and O–H groups in total. The molecular weight excluding hydrogens is 166 g/mol. The summed E-state index contributed by atoms with van der Waals surface area (Å²) in [5.41, 5.74) is 0. The molecule has 0 spiro atoms. The number of hydrogen-bond acceptors (Lipinski definition) is 2. The Bertz CT molecular complexity index is 170. The number of aliphatic carboxylic acids is 1. The molecule has 0 heterocycles. The van der Waals surface area contributed by atoms with Crippen LogP contribution in [0.4, 0.5) is 0 Å². The summed E-state index contributed by atoms with van der Waals surface area (Å²) >= 11 is 0. The zero-order valence-corrected chi connectivity index (χ0v) is 9.33. The van der Waals surface area contributed by atoms with E-state index in [1.54, 1.807) is 0 Å². The van der Waals surface area contributed by atoms with Gasteiger partial charge in [0.25, 0.3) is 0 Å². The van der Waals surface area contributed by atoms with Crippen molar-refractivity contribution in [2.45, 2.75) is 20.3 Å². The first-order valence-electron chi connectivity index (χ1n) is 4.72. The van der Waals surface area contributed by atoms with Gasteiger partial charge in [-0.2, -0.15) is 0 Å². The molecule has 1 unspecified atom stereocenters. The van der Waals surface area contributed by atoms with E-state index in [9.17, 15) is 9.90 Å². The zero-order chi connectivity index (χ0) is 10.6. The zero-order valence-electron chi connectivity index (χ0n) is 9.33. The molecule has 0 aromatic rings. The van der Waals surface area contributed by atoms with Gasteiger partial charge >= 0.3 is 0 Å². The molecular formula is C10H21NO2. The molecule has 0 aromatic heterocycles. The third-order valence-corrected chi connectivity index (χ3v) is 2.15. The van der Waals surface area contributed by atoms with Crippen LogP contribution >= 0.6 is 0 Å². The van der Waals surface area contributed by atoms with Crippen LogP contribution in [0.15, 0.2) is 0 Å². The molecule has 0 aliphatic rings. The number of carboxylic acids is 1. The maximum atomic E-state index is 10.5. The van der Waals surface area contributed by atoms with Crippen molar-refractivity contribution in [3.8, 4) is 0 Å². The van der Waals surface area contributed by atoms with Gasteiger partial charge in [0, 0.05) is 11.9 Å². The fraction of sp³-hybridized carbons (Fsp3) is 0.900. The maximum absolute atomic E-state index is 10.5. The Morgan fingerprint density at radius 2 is 1.77 bits per heavy atom. The first kappa shape index (κ1) is 12.4. The van der Waals surface area contributed by atoms with Crippen molar-refractivity contribution >= 4 is 5.97 Å². The van der Waals surface area contributed by atoms with Crippen LogP contribution in [0.2, 0.25) is 0 Å². The molecule has 0 amide bonds. The number of carbonyl (C=O) groups excluding carboxylic acids is 1. The second kappa shape index (κ2) is 4.61. The van der Waals surface area contributed by atoms with Gasteiger partial charge in [0.05, 0.1) is 27.7 Å². The van der Waals surface area contributed by atoms with E-state index < -0.39 is 5.97 Å². The summed E-state index contributed by atoms with van der Waals surface area (Å²) in [6, 6.07) is 0. The summed E-state index contributed by atoms with van der Waals surface area (Å²) in [6.45, 7) is 5.00. The van der Waals surface area contributed by atoms with Gasteiger partial charge in [-0.3, -0.25) is 0 Å². The highest BCUT2D eigenvalue weighted by atomic mass is 16.4. The Hall–Kier alpha value is -0.570. The van der Waals surface area contributed by atoms with E-state index in [0.717, 1.165) is 11.0 Å². The van der Waals surface area contributed by atoms with E-state index in [-0.39, 0.29) is 12.3 Å². The minimum Gasteiger partial charge on any atom is -0.550 e. The van der Waals surface area contributed by atoms with Gasteiger partial charge in [0.1, 0.15) is 0 Å². The first-order valence-corrected chi connectivity index (χ1v) is 4.72. The van der Waals surface area contributed by atoms with E-state index in [2.05, 4.69) is 35.0 Å². The van der Waals surface area contributed by atoms with Crippen LogP contribution in [0.3, 0.4) is 0 Å². The molecule has 0 aliphatic heterocycles. The summed E-state index contributed by atoms with van der Waals surface area (Å²) in [6.07, 6.45) is 0.174. The van der Waals surface area contributed by atoms with Crippen LogP contribution in [-0.2, 0) is 4.79 Å². The van der Waals surface area contributed by atoms with Gasteiger partial charge in [-0.1, -0.05) is 13.8 Å². The van der Waals surface area contributed by atoms with Crippen LogP contribution in [-0.4, -0.2) is 38.1 Å². The third-order valence-electron chi connectivity index (χ3n) is 2.15. The van der Waals surface area contributed by atoms with Crippen LogP contribution < -0.4 is 5.11 Å². The number of nitrogens with zero attached hydrogens (tertiary/aromatic N) is 1. The summed E-state index contributed by atoms with van der Waals surface area (Å²) in [5.74, 6) is -0.326. The third kappa shape index (κ3) is 6.58. The Labute approximate surface area is 80.9 Å². The smallest absolute Gasteiger partial charge is 0.0815 e. The predicted octanol–water partition coefficient (Wildman–Crippen LogP) is 0.105. The highest BCUT2D eigenvalue weighted by molar-refractivity contribution is 5.64. The van der Waals surface area contributed by atoms with E-state index in [0.29, 0.717) is 5.92 Å². The molecule has 0 saturated carbocycles. The normalized spacial score (nSPS) is 14.6. The summed E-state index contributed by atoms with van der Waals surface area (Å²) < 4.78 is 0.802. The van der Waals surface area contributed by atoms with Crippen LogP contribution in [0.1, 0.15) is 20.3 Å². The van der Waals surface area contributed by atoms with Crippen molar-refractivity contribution in [3.63, 3.8) is 0 Å². The van der Waals surface area contributed by atoms with Crippen molar-refractivity contribution in [3.05, 3.63) is 0 Å². The molecule has 3 heteroatoms. The van der Waals surface area contributed by atoms with Crippen molar-refractivity contribution in [2.24, 2.45) is 11.8 Å². The Morgan fingerprint density at radius 3 is 2.00 bits per heavy atom. The largest absolute Gasteiger partial charge is 0.550 e. The lowest BCUT2D eigenvalue weighted by Gasteiger charge is -2.31. The van der Waals surface area contributed by atoms with Crippen molar-refractivity contribution in [1.82, 2.24) is 0 Å². The fourth-order valence-corrected chi connectivity index (χ4v) is 1.43. The SMILES string of the molecule is CC(C)C(CC(=O)[O-])C[N+](C)(C)C. The lowest BCUT2D eigenvalue weighted by atomic mass is 9.91. The molecule has 0 saturated heterocycles. The number of carboxylic acid groups (broad SMARTS) is 1. The highest BCUT2D eigenvalue weighted by Gasteiger charge is 2.21. The molecule has 0 aliphatic carbocycles. The maximum Gasteiger partial charge on any atom is 0.0815 e. The molecule has 13 heavy (non-hydrogen) atoms. The van der Waals surface area contributed by atoms with Crippen LogP contribution in [0.5, 0.6) is 0 Å². The fourth-order valence-electron chi connectivity index (χ4n) is 1.43. The van der Waals surface area contributed by atoms with Crippen LogP contribution in [0.25, 0.3) is 0 Å². The monoisotopic (exact) mass is 187 g/mol. The standard InChI is InChI=1S/C10H21NO2/c1-8(2)9(6-10(12)13)7-11(3,4)5/h8-9H,6-7H2,1-5H3. The van der Waals surface area contributed by atoms with Gasteiger partial charge in [0.2, 0.25) is 0 Å². The topological polar surface area (TPSA) is 40.1 Å². The lowest BCUT2D eigenvalue weighted by molar-refractivity contribution is -0.874. The average molecular weight is 187 g/mol. The molecule has 0 fully saturated rings. The van der Waals surface area contributed by atoms with Gasteiger partial charge in [-0.05, 0) is 12.3 Å². The average Bonchev–Trinajstić information content (AvgIpc) is 1.81. The van der Waals surface area contributed by atoms with Gasteiger partial charge < -0.3 is 14.4 Å². The number of quaternary nitrogens is 1. The molecule has 0 bridgehead atoms.